The van der Waals surface area contributed by atoms with Crippen LogP contribution < -0.4 is 10.6 Å². The highest BCUT2D eigenvalue weighted by atomic mass is 35.5. The predicted molar refractivity (Wildman–Crippen MR) is 96.1 cm³/mol. The van der Waals surface area contributed by atoms with E-state index < -0.39 is 0 Å². The molecule has 0 heterocycles. The van der Waals surface area contributed by atoms with Crippen LogP contribution in [0.4, 0.5) is 0 Å². The molecule has 126 valence electrons. The minimum atomic E-state index is -0.199. The summed E-state index contributed by atoms with van der Waals surface area (Å²) < 4.78 is 0. The average molecular weight is 345 g/mol. The van der Waals surface area contributed by atoms with E-state index in [1.807, 2.05) is 55.5 Å². The minimum Gasteiger partial charge on any atom is -0.354 e. The molecule has 0 saturated heterocycles. The molecule has 0 bridgehead atoms. The lowest BCUT2D eigenvalue weighted by Gasteiger charge is -2.08. The molecule has 0 spiro atoms. The SMILES string of the molecule is Cc1cccc(CC(=O)NCC(=O)NCCc2cccc(Cl)c2)c1. The summed E-state index contributed by atoms with van der Waals surface area (Å²) in [6, 6.07) is 15.3. The van der Waals surface area contributed by atoms with Crippen molar-refractivity contribution < 1.29 is 9.59 Å². The fourth-order valence-corrected chi connectivity index (χ4v) is 2.56. The zero-order valence-corrected chi connectivity index (χ0v) is 14.4. The molecule has 4 nitrogen and oxygen atoms in total. The Labute approximate surface area is 147 Å². The summed E-state index contributed by atoms with van der Waals surface area (Å²) in [7, 11) is 0. The number of nitrogens with one attached hydrogen (secondary N) is 2. The number of carbonyl (C=O) groups is 2. The van der Waals surface area contributed by atoms with Gasteiger partial charge in [-0.25, -0.2) is 0 Å². The van der Waals surface area contributed by atoms with Gasteiger partial charge in [0.25, 0.3) is 0 Å². The third-order valence-corrected chi connectivity index (χ3v) is 3.75. The van der Waals surface area contributed by atoms with Crippen molar-refractivity contribution in [3.63, 3.8) is 0 Å². The first-order valence-electron chi connectivity index (χ1n) is 7.86. The molecule has 0 fully saturated rings. The lowest BCUT2D eigenvalue weighted by atomic mass is 10.1. The number of hydrogen-bond acceptors (Lipinski definition) is 2. The van der Waals surface area contributed by atoms with Gasteiger partial charge in [0.05, 0.1) is 13.0 Å². The monoisotopic (exact) mass is 344 g/mol. The highest BCUT2D eigenvalue weighted by molar-refractivity contribution is 6.30. The first-order valence-corrected chi connectivity index (χ1v) is 8.24. The highest BCUT2D eigenvalue weighted by Crippen LogP contribution is 2.10. The number of amides is 2. The van der Waals surface area contributed by atoms with Gasteiger partial charge in [-0.3, -0.25) is 9.59 Å². The van der Waals surface area contributed by atoms with E-state index in [0.29, 0.717) is 18.0 Å². The molecular formula is C19H21ClN2O2. The molecule has 0 aliphatic heterocycles. The van der Waals surface area contributed by atoms with Crippen molar-refractivity contribution in [2.45, 2.75) is 19.8 Å². The summed E-state index contributed by atoms with van der Waals surface area (Å²) in [4.78, 5) is 23.6. The van der Waals surface area contributed by atoms with Crippen LogP contribution >= 0.6 is 11.6 Å². The first-order chi connectivity index (χ1) is 11.5. The van der Waals surface area contributed by atoms with Gasteiger partial charge in [0.2, 0.25) is 11.8 Å². The topological polar surface area (TPSA) is 58.2 Å². The Bertz CT molecular complexity index is 716. The van der Waals surface area contributed by atoms with Crippen LogP contribution in [0.25, 0.3) is 0 Å². The van der Waals surface area contributed by atoms with Crippen LogP contribution in [0.1, 0.15) is 16.7 Å². The van der Waals surface area contributed by atoms with Crippen LogP contribution in [0.2, 0.25) is 5.02 Å². The third kappa shape index (κ3) is 6.42. The first kappa shape index (κ1) is 18.0. The molecule has 2 rings (SSSR count). The summed E-state index contributed by atoms with van der Waals surface area (Å²) in [6.07, 6.45) is 0.973. The lowest BCUT2D eigenvalue weighted by molar-refractivity contribution is -0.125. The fraction of sp³-hybridized carbons (Fsp3) is 0.263. The van der Waals surface area contributed by atoms with Gasteiger partial charge < -0.3 is 10.6 Å². The number of benzene rings is 2. The maximum absolute atomic E-state index is 11.9. The number of carbonyl (C=O) groups excluding carboxylic acids is 2. The summed E-state index contributed by atoms with van der Waals surface area (Å²) in [5.41, 5.74) is 3.11. The molecular weight excluding hydrogens is 324 g/mol. The van der Waals surface area contributed by atoms with Crippen molar-refractivity contribution in [1.29, 1.82) is 0 Å². The summed E-state index contributed by atoms with van der Waals surface area (Å²) >= 11 is 5.91. The van der Waals surface area contributed by atoms with E-state index in [9.17, 15) is 9.59 Å². The Morgan fingerprint density at radius 2 is 1.71 bits per heavy atom. The second kappa shape index (κ2) is 9.08. The van der Waals surface area contributed by atoms with Gasteiger partial charge in [0, 0.05) is 11.6 Å². The third-order valence-electron chi connectivity index (χ3n) is 3.52. The van der Waals surface area contributed by atoms with Crippen LogP contribution in [-0.4, -0.2) is 24.9 Å². The minimum absolute atomic E-state index is 0.0137. The largest absolute Gasteiger partial charge is 0.354 e. The molecule has 5 heteroatoms. The zero-order valence-electron chi connectivity index (χ0n) is 13.6. The molecule has 2 amide bonds. The normalized spacial score (nSPS) is 10.2. The summed E-state index contributed by atoms with van der Waals surface area (Å²) in [6.45, 7) is 2.47. The standard InChI is InChI=1S/C19H21ClN2O2/c1-14-4-2-6-16(10-14)12-18(23)22-13-19(24)21-9-8-15-5-3-7-17(20)11-15/h2-7,10-11H,8-9,12-13H2,1H3,(H,21,24)(H,22,23). The Hall–Kier alpha value is -2.33. The predicted octanol–water partition coefficient (Wildman–Crippen LogP) is 2.67. The Morgan fingerprint density at radius 3 is 2.46 bits per heavy atom. The fourth-order valence-electron chi connectivity index (χ4n) is 2.35. The van der Waals surface area contributed by atoms with Gasteiger partial charge in [0.15, 0.2) is 0 Å². The maximum Gasteiger partial charge on any atom is 0.239 e. The Kier molecular flexibility index (Phi) is 6.82. The van der Waals surface area contributed by atoms with E-state index in [1.54, 1.807) is 0 Å². The smallest absolute Gasteiger partial charge is 0.239 e. The molecule has 0 aromatic heterocycles. The zero-order chi connectivity index (χ0) is 17.4. The molecule has 0 radical (unpaired) electrons. The second-order valence-corrected chi connectivity index (χ2v) is 6.11. The van der Waals surface area contributed by atoms with Crippen LogP contribution in [0.3, 0.4) is 0 Å². The number of aryl methyl sites for hydroxylation is 1. The van der Waals surface area contributed by atoms with Crippen LogP contribution in [-0.2, 0) is 22.4 Å². The van der Waals surface area contributed by atoms with E-state index in [2.05, 4.69) is 10.6 Å². The Balaban J connectivity index is 1.66. The van der Waals surface area contributed by atoms with Crippen molar-refractivity contribution in [1.82, 2.24) is 10.6 Å². The number of rotatable bonds is 7. The van der Waals surface area contributed by atoms with Crippen LogP contribution in [0.15, 0.2) is 48.5 Å². The molecule has 2 aromatic carbocycles. The van der Waals surface area contributed by atoms with Crippen molar-refractivity contribution in [3.8, 4) is 0 Å². The van der Waals surface area contributed by atoms with Crippen LogP contribution in [0, 0.1) is 6.92 Å². The molecule has 0 aliphatic carbocycles. The van der Waals surface area contributed by atoms with Gasteiger partial charge in [-0.15, -0.1) is 0 Å². The van der Waals surface area contributed by atoms with Gasteiger partial charge >= 0.3 is 0 Å². The molecule has 24 heavy (non-hydrogen) atoms. The van der Waals surface area contributed by atoms with Gasteiger partial charge in [-0.1, -0.05) is 53.6 Å². The van der Waals surface area contributed by atoms with E-state index in [1.165, 1.54) is 0 Å². The van der Waals surface area contributed by atoms with Crippen molar-refractivity contribution in [2.75, 3.05) is 13.1 Å². The molecule has 2 N–H and O–H groups in total. The van der Waals surface area contributed by atoms with Crippen molar-refractivity contribution in [3.05, 3.63) is 70.2 Å². The van der Waals surface area contributed by atoms with Crippen molar-refractivity contribution >= 4 is 23.4 Å². The van der Waals surface area contributed by atoms with Crippen LogP contribution in [0.5, 0.6) is 0 Å². The quantitative estimate of drug-likeness (QED) is 0.811. The molecule has 0 unspecified atom stereocenters. The van der Waals surface area contributed by atoms with Gasteiger partial charge in [0.1, 0.15) is 0 Å². The second-order valence-electron chi connectivity index (χ2n) is 5.67. The Morgan fingerprint density at radius 1 is 0.958 bits per heavy atom. The molecule has 0 saturated carbocycles. The van der Waals surface area contributed by atoms with E-state index >= 15 is 0 Å². The van der Waals surface area contributed by atoms with Gasteiger partial charge in [-0.2, -0.15) is 0 Å². The van der Waals surface area contributed by atoms with E-state index in [4.69, 9.17) is 11.6 Å². The van der Waals surface area contributed by atoms with E-state index in [-0.39, 0.29) is 24.8 Å². The average Bonchev–Trinajstić information content (AvgIpc) is 2.53. The number of hydrogen-bond donors (Lipinski definition) is 2. The summed E-state index contributed by atoms with van der Waals surface area (Å²) in [5, 5.41) is 6.10. The highest BCUT2D eigenvalue weighted by Gasteiger charge is 2.06. The van der Waals surface area contributed by atoms with Gasteiger partial charge in [-0.05, 0) is 36.6 Å². The summed E-state index contributed by atoms with van der Waals surface area (Å²) in [5.74, 6) is -0.361. The maximum atomic E-state index is 11.9. The molecule has 2 aromatic rings. The lowest BCUT2D eigenvalue weighted by Crippen LogP contribution is -2.38. The molecule has 0 atom stereocenters. The van der Waals surface area contributed by atoms with E-state index in [0.717, 1.165) is 16.7 Å². The molecule has 0 aliphatic rings. The number of halogens is 1. The van der Waals surface area contributed by atoms with Crippen molar-refractivity contribution in [2.24, 2.45) is 0 Å².